The smallest absolute Gasteiger partial charge is 0.322 e. The summed E-state index contributed by atoms with van der Waals surface area (Å²) in [6.45, 7) is 3.80. The monoisotopic (exact) mass is 472 g/mol. The Labute approximate surface area is 194 Å². The van der Waals surface area contributed by atoms with E-state index < -0.39 is 48.4 Å². The number of nitrogens with two attached hydrogens (primary N) is 4. The third kappa shape index (κ3) is 13.3. The fourth-order valence-corrected chi connectivity index (χ4v) is 2.92. The second-order valence-electron chi connectivity index (χ2n) is 7.88. The standard InChI is InChI=1S/C20H40N8O5/c1-3-12(2)16(19(33)26-11-15(29)30)28-18(32)14(8-4-5-9-21)27-17(31)13(22)7-6-10-25-20(23)24/h12-14,16H,3-11,21-22H2,1-2H3,(H,26,33)(H,27,31)(H,28,32)(H,29,30)(H4,23,24,25). The van der Waals surface area contributed by atoms with Crippen molar-refractivity contribution < 1.29 is 24.3 Å². The van der Waals surface area contributed by atoms with E-state index in [2.05, 4.69) is 20.9 Å². The van der Waals surface area contributed by atoms with Crippen molar-refractivity contribution in [2.45, 2.75) is 70.5 Å². The quantitative estimate of drug-likeness (QED) is 0.0644. The molecule has 190 valence electrons. The van der Waals surface area contributed by atoms with E-state index in [1.807, 2.05) is 6.92 Å². The number of aliphatic carboxylic acids is 1. The van der Waals surface area contributed by atoms with Gasteiger partial charge in [-0.1, -0.05) is 20.3 Å². The molecular formula is C20H40N8O5. The highest BCUT2D eigenvalue weighted by atomic mass is 16.4. The summed E-state index contributed by atoms with van der Waals surface area (Å²) in [6, 6.07) is -2.75. The molecule has 12 N–H and O–H groups in total. The Morgan fingerprint density at radius 3 is 2.18 bits per heavy atom. The number of amides is 3. The summed E-state index contributed by atoms with van der Waals surface area (Å²) in [5.74, 6) is -3.18. The number of carbonyl (C=O) groups is 4. The van der Waals surface area contributed by atoms with E-state index in [-0.39, 0.29) is 11.9 Å². The number of nitrogens with one attached hydrogen (secondary N) is 3. The molecule has 0 heterocycles. The molecule has 4 unspecified atom stereocenters. The summed E-state index contributed by atoms with van der Waals surface area (Å²) in [5, 5.41) is 16.4. The molecule has 0 saturated carbocycles. The molecule has 0 fully saturated rings. The van der Waals surface area contributed by atoms with Crippen LogP contribution in [0.4, 0.5) is 0 Å². The zero-order chi connectivity index (χ0) is 25.4. The molecule has 4 atom stereocenters. The zero-order valence-corrected chi connectivity index (χ0v) is 19.5. The average Bonchev–Trinajstić information content (AvgIpc) is 2.76. The molecular weight excluding hydrogens is 432 g/mol. The normalized spacial score (nSPS) is 14.3. The maximum atomic E-state index is 13.0. The van der Waals surface area contributed by atoms with Gasteiger partial charge in [0.2, 0.25) is 17.7 Å². The van der Waals surface area contributed by atoms with Crippen LogP contribution in [0.3, 0.4) is 0 Å². The molecule has 0 aliphatic heterocycles. The average molecular weight is 473 g/mol. The third-order valence-electron chi connectivity index (χ3n) is 5.09. The molecule has 0 aromatic heterocycles. The molecule has 13 nitrogen and oxygen atoms in total. The van der Waals surface area contributed by atoms with Crippen molar-refractivity contribution >= 4 is 29.7 Å². The summed E-state index contributed by atoms with van der Waals surface area (Å²) in [4.78, 5) is 52.5. The largest absolute Gasteiger partial charge is 0.480 e. The lowest BCUT2D eigenvalue weighted by atomic mass is 9.97. The first kappa shape index (κ1) is 30.1. The van der Waals surface area contributed by atoms with Gasteiger partial charge in [-0.25, -0.2) is 0 Å². The maximum Gasteiger partial charge on any atom is 0.322 e. The minimum absolute atomic E-state index is 0.0482. The maximum absolute atomic E-state index is 13.0. The summed E-state index contributed by atoms with van der Waals surface area (Å²) < 4.78 is 0. The van der Waals surface area contributed by atoms with Crippen molar-refractivity contribution in [3.63, 3.8) is 0 Å². The Kier molecular flexibility index (Phi) is 15.2. The van der Waals surface area contributed by atoms with Crippen molar-refractivity contribution in [3.8, 4) is 0 Å². The van der Waals surface area contributed by atoms with Crippen LogP contribution in [0, 0.1) is 5.92 Å². The molecule has 0 aliphatic carbocycles. The first-order valence-electron chi connectivity index (χ1n) is 11.1. The summed E-state index contributed by atoms with van der Waals surface area (Å²) in [6.07, 6.45) is 2.89. The van der Waals surface area contributed by atoms with Gasteiger partial charge in [0.25, 0.3) is 0 Å². The Balaban J connectivity index is 5.21. The Hall–Kier alpha value is -2.93. The molecule has 0 aliphatic rings. The lowest BCUT2D eigenvalue weighted by Crippen LogP contribution is -2.57. The highest BCUT2D eigenvalue weighted by molar-refractivity contribution is 5.93. The Bertz CT molecular complexity index is 669. The molecule has 3 amide bonds. The number of hydrogen-bond donors (Lipinski definition) is 8. The van der Waals surface area contributed by atoms with Gasteiger partial charge in [-0.15, -0.1) is 0 Å². The van der Waals surface area contributed by atoms with Crippen LogP contribution >= 0.6 is 0 Å². The lowest BCUT2D eigenvalue weighted by Gasteiger charge is -2.27. The van der Waals surface area contributed by atoms with E-state index in [1.54, 1.807) is 6.92 Å². The lowest BCUT2D eigenvalue weighted by molar-refractivity contribution is -0.139. The molecule has 0 bridgehead atoms. The van der Waals surface area contributed by atoms with Gasteiger partial charge in [0.15, 0.2) is 5.96 Å². The second-order valence-corrected chi connectivity index (χ2v) is 7.88. The molecule has 0 aromatic rings. The van der Waals surface area contributed by atoms with E-state index in [9.17, 15) is 19.2 Å². The highest BCUT2D eigenvalue weighted by Gasteiger charge is 2.30. The fourth-order valence-electron chi connectivity index (χ4n) is 2.92. The Morgan fingerprint density at radius 1 is 0.970 bits per heavy atom. The van der Waals surface area contributed by atoms with E-state index >= 15 is 0 Å². The highest BCUT2D eigenvalue weighted by Crippen LogP contribution is 2.10. The number of unbranched alkanes of at least 4 members (excludes halogenated alkanes) is 1. The van der Waals surface area contributed by atoms with Gasteiger partial charge in [-0.3, -0.25) is 24.2 Å². The minimum atomic E-state index is -1.20. The summed E-state index contributed by atoms with van der Waals surface area (Å²) >= 11 is 0. The number of guanidine groups is 1. The van der Waals surface area contributed by atoms with Crippen molar-refractivity contribution in [2.24, 2.45) is 33.8 Å². The number of carbonyl (C=O) groups excluding carboxylic acids is 3. The molecule has 0 saturated heterocycles. The molecule has 13 heteroatoms. The van der Waals surface area contributed by atoms with Crippen LogP contribution in [0.25, 0.3) is 0 Å². The molecule has 0 aromatic carbocycles. The van der Waals surface area contributed by atoms with Crippen LogP contribution in [-0.2, 0) is 19.2 Å². The van der Waals surface area contributed by atoms with Gasteiger partial charge in [0, 0.05) is 6.54 Å². The van der Waals surface area contributed by atoms with Crippen molar-refractivity contribution in [3.05, 3.63) is 0 Å². The topological polar surface area (TPSA) is 241 Å². The predicted molar refractivity (Wildman–Crippen MR) is 125 cm³/mol. The molecule has 0 spiro atoms. The van der Waals surface area contributed by atoms with Gasteiger partial charge >= 0.3 is 5.97 Å². The SMILES string of the molecule is CCC(C)C(NC(=O)C(CCCCN)NC(=O)C(N)CCCN=C(N)N)C(=O)NCC(=O)O. The van der Waals surface area contributed by atoms with Gasteiger partial charge < -0.3 is 44.0 Å². The van der Waals surface area contributed by atoms with Crippen LogP contribution in [-0.4, -0.2) is 72.5 Å². The van der Waals surface area contributed by atoms with Crippen LogP contribution < -0.4 is 38.9 Å². The van der Waals surface area contributed by atoms with E-state index in [0.717, 1.165) is 0 Å². The van der Waals surface area contributed by atoms with Crippen molar-refractivity contribution in [2.75, 3.05) is 19.6 Å². The number of carboxylic acid groups (broad SMARTS) is 1. The van der Waals surface area contributed by atoms with E-state index in [4.69, 9.17) is 28.0 Å². The van der Waals surface area contributed by atoms with Crippen molar-refractivity contribution in [1.82, 2.24) is 16.0 Å². The Morgan fingerprint density at radius 2 is 1.64 bits per heavy atom. The third-order valence-corrected chi connectivity index (χ3v) is 5.09. The van der Waals surface area contributed by atoms with Gasteiger partial charge in [0.1, 0.15) is 18.6 Å². The first-order chi connectivity index (χ1) is 15.5. The van der Waals surface area contributed by atoms with E-state index in [0.29, 0.717) is 51.6 Å². The van der Waals surface area contributed by atoms with Crippen LogP contribution in [0.1, 0.15) is 52.4 Å². The molecule has 0 rings (SSSR count). The number of aliphatic imine (C=N–C) groups is 1. The van der Waals surface area contributed by atoms with Crippen molar-refractivity contribution in [1.29, 1.82) is 0 Å². The second kappa shape index (κ2) is 16.7. The van der Waals surface area contributed by atoms with Gasteiger partial charge in [0.05, 0.1) is 6.04 Å². The molecule has 0 radical (unpaired) electrons. The van der Waals surface area contributed by atoms with E-state index in [1.165, 1.54) is 0 Å². The molecule has 33 heavy (non-hydrogen) atoms. The van der Waals surface area contributed by atoms with Crippen LogP contribution in [0.2, 0.25) is 0 Å². The number of rotatable bonds is 17. The summed E-state index contributed by atoms with van der Waals surface area (Å²) in [7, 11) is 0. The fraction of sp³-hybridized carbons (Fsp3) is 0.750. The minimum Gasteiger partial charge on any atom is -0.480 e. The van der Waals surface area contributed by atoms with Gasteiger partial charge in [-0.05, 0) is 44.6 Å². The first-order valence-corrected chi connectivity index (χ1v) is 11.1. The number of carboxylic acids is 1. The van der Waals surface area contributed by atoms with Crippen LogP contribution in [0.5, 0.6) is 0 Å². The zero-order valence-electron chi connectivity index (χ0n) is 19.5. The number of hydrogen-bond acceptors (Lipinski definition) is 7. The predicted octanol–water partition coefficient (Wildman–Crippen LogP) is -2.29. The summed E-state index contributed by atoms with van der Waals surface area (Å²) in [5.41, 5.74) is 22.0. The number of nitrogens with zero attached hydrogens (tertiary/aromatic N) is 1. The van der Waals surface area contributed by atoms with Crippen LogP contribution in [0.15, 0.2) is 4.99 Å². The van der Waals surface area contributed by atoms with Gasteiger partial charge in [-0.2, -0.15) is 0 Å².